The van der Waals surface area contributed by atoms with E-state index in [1.54, 1.807) is 20.2 Å². The standard InChI is InChI=1S/C17H24N3O3P/c1-5-22-24(21,23-6-2)12-17(19-13-20(3)4)15-11-18-16-10-8-7-9-14(15)16/h7-13,18H,5-6H2,1-4H3. The molecule has 0 amide bonds. The molecule has 0 spiro atoms. The Kier molecular flexibility index (Phi) is 6.37. The van der Waals surface area contributed by atoms with Gasteiger partial charge in [0.05, 0.1) is 31.1 Å². The Labute approximate surface area is 142 Å². The van der Waals surface area contributed by atoms with Crippen molar-refractivity contribution in [3.63, 3.8) is 0 Å². The molecule has 0 saturated heterocycles. The number of H-pyrrole nitrogens is 1. The first-order valence-corrected chi connectivity index (χ1v) is 9.49. The van der Waals surface area contributed by atoms with Crippen LogP contribution in [-0.4, -0.2) is 43.5 Å². The zero-order chi connectivity index (χ0) is 17.6. The number of aromatic amines is 1. The van der Waals surface area contributed by atoms with Gasteiger partial charge in [-0.1, -0.05) is 18.2 Å². The van der Waals surface area contributed by atoms with Crippen molar-refractivity contribution in [1.29, 1.82) is 0 Å². The minimum absolute atomic E-state index is 0.298. The fraction of sp³-hybridized carbons (Fsp3) is 0.353. The third-order valence-electron chi connectivity index (χ3n) is 3.19. The van der Waals surface area contributed by atoms with E-state index in [1.165, 1.54) is 5.82 Å². The van der Waals surface area contributed by atoms with Gasteiger partial charge >= 0.3 is 7.60 Å². The number of para-hydroxylation sites is 1. The van der Waals surface area contributed by atoms with Crippen molar-refractivity contribution in [2.45, 2.75) is 13.8 Å². The number of aliphatic imine (C=N–C) groups is 1. The van der Waals surface area contributed by atoms with Crippen LogP contribution in [0.25, 0.3) is 16.6 Å². The predicted molar refractivity (Wildman–Crippen MR) is 99.3 cm³/mol. The molecule has 2 aromatic rings. The molecule has 0 atom stereocenters. The molecule has 0 unspecified atom stereocenters. The summed E-state index contributed by atoms with van der Waals surface area (Å²) in [6.45, 7) is 4.17. The molecule has 0 bridgehead atoms. The molecule has 0 aliphatic heterocycles. The summed E-state index contributed by atoms with van der Waals surface area (Å²) in [4.78, 5) is 9.50. The summed E-state index contributed by atoms with van der Waals surface area (Å²) in [6, 6.07) is 7.89. The van der Waals surface area contributed by atoms with Crippen LogP contribution < -0.4 is 0 Å². The van der Waals surface area contributed by atoms with Crippen molar-refractivity contribution in [3.05, 3.63) is 41.8 Å². The van der Waals surface area contributed by atoms with E-state index in [-0.39, 0.29) is 0 Å². The largest absolute Gasteiger partial charge is 0.369 e. The highest BCUT2D eigenvalue weighted by Crippen LogP contribution is 2.52. The maximum atomic E-state index is 12.9. The van der Waals surface area contributed by atoms with E-state index in [0.717, 1.165) is 16.5 Å². The number of rotatable bonds is 8. The van der Waals surface area contributed by atoms with Gasteiger partial charge in [0.15, 0.2) is 0 Å². The summed E-state index contributed by atoms with van der Waals surface area (Å²) in [5, 5.41) is 0.999. The van der Waals surface area contributed by atoms with Gasteiger partial charge in [0.25, 0.3) is 0 Å². The highest BCUT2D eigenvalue weighted by Gasteiger charge is 2.23. The summed E-state index contributed by atoms with van der Waals surface area (Å²) in [6.07, 6.45) is 3.52. The van der Waals surface area contributed by atoms with Crippen LogP contribution in [0.4, 0.5) is 0 Å². The van der Waals surface area contributed by atoms with Crippen LogP contribution in [0.2, 0.25) is 0 Å². The van der Waals surface area contributed by atoms with Gasteiger partial charge in [-0.3, -0.25) is 4.57 Å². The first-order chi connectivity index (χ1) is 11.5. The Balaban J connectivity index is 2.56. The van der Waals surface area contributed by atoms with E-state index in [0.29, 0.717) is 18.9 Å². The fourth-order valence-electron chi connectivity index (χ4n) is 2.25. The third-order valence-corrected chi connectivity index (χ3v) is 4.99. The molecule has 1 N–H and O–H groups in total. The average molecular weight is 349 g/mol. The first-order valence-electron chi connectivity index (χ1n) is 7.88. The molecule has 0 radical (unpaired) electrons. The number of hydrogen-bond donors (Lipinski definition) is 1. The summed E-state index contributed by atoms with van der Waals surface area (Å²) in [7, 11) is 0.389. The number of hydrogen-bond acceptors (Lipinski definition) is 4. The summed E-state index contributed by atoms with van der Waals surface area (Å²) in [5.41, 5.74) is 2.39. The second-order valence-electron chi connectivity index (χ2n) is 5.35. The molecule has 0 fully saturated rings. The first kappa shape index (κ1) is 18.5. The van der Waals surface area contributed by atoms with Crippen molar-refractivity contribution in [1.82, 2.24) is 9.88 Å². The predicted octanol–water partition coefficient (Wildman–Crippen LogP) is 4.32. The average Bonchev–Trinajstić information content (AvgIpc) is 2.96. The quantitative estimate of drug-likeness (QED) is 0.438. The minimum Gasteiger partial charge on any atom is -0.369 e. The number of fused-ring (bicyclic) bond motifs is 1. The molecule has 7 heteroatoms. The van der Waals surface area contributed by atoms with Crippen LogP contribution in [0.1, 0.15) is 19.4 Å². The Morgan fingerprint density at radius 3 is 2.54 bits per heavy atom. The maximum absolute atomic E-state index is 12.9. The molecule has 0 saturated carbocycles. The van der Waals surface area contributed by atoms with Crippen LogP contribution in [0.5, 0.6) is 0 Å². The smallest absolute Gasteiger partial charge is 0.356 e. The molecular formula is C17H24N3O3P. The van der Waals surface area contributed by atoms with Crippen molar-refractivity contribution < 1.29 is 13.6 Å². The van der Waals surface area contributed by atoms with Gasteiger partial charge in [0, 0.05) is 36.8 Å². The SMILES string of the molecule is CCOP(=O)(C=C(N=CN(C)C)c1c[nH]c2ccccc12)OCC. The zero-order valence-electron chi connectivity index (χ0n) is 14.5. The molecular weight excluding hydrogens is 325 g/mol. The molecule has 2 rings (SSSR count). The third kappa shape index (κ3) is 4.57. The van der Waals surface area contributed by atoms with Crippen molar-refractivity contribution in [3.8, 4) is 0 Å². The summed E-state index contributed by atoms with van der Waals surface area (Å²) in [5.74, 6) is 1.50. The van der Waals surface area contributed by atoms with Gasteiger partial charge in [-0.15, -0.1) is 0 Å². The summed E-state index contributed by atoms with van der Waals surface area (Å²) >= 11 is 0. The van der Waals surface area contributed by atoms with E-state index >= 15 is 0 Å². The lowest BCUT2D eigenvalue weighted by molar-refractivity contribution is 0.229. The minimum atomic E-state index is -3.36. The van der Waals surface area contributed by atoms with Crippen LogP contribution in [0.15, 0.2) is 41.3 Å². The lowest BCUT2D eigenvalue weighted by Crippen LogP contribution is -2.07. The number of aromatic nitrogens is 1. The van der Waals surface area contributed by atoms with E-state index in [4.69, 9.17) is 9.05 Å². The normalized spacial score (nSPS) is 13.1. The van der Waals surface area contributed by atoms with Crippen molar-refractivity contribution in [2.24, 2.45) is 4.99 Å². The Morgan fingerprint density at radius 1 is 1.25 bits per heavy atom. The van der Waals surface area contributed by atoms with E-state index < -0.39 is 7.60 Å². The molecule has 6 nitrogen and oxygen atoms in total. The van der Waals surface area contributed by atoms with Gasteiger partial charge < -0.3 is 18.9 Å². The monoisotopic (exact) mass is 349 g/mol. The fourth-order valence-corrected chi connectivity index (χ4v) is 3.70. The van der Waals surface area contributed by atoms with Gasteiger partial charge in [0.2, 0.25) is 0 Å². The van der Waals surface area contributed by atoms with E-state index in [9.17, 15) is 4.57 Å². The number of benzene rings is 1. The molecule has 1 aromatic heterocycles. The van der Waals surface area contributed by atoms with Gasteiger partial charge in [-0.2, -0.15) is 0 Å². The Morgan fingerprint density at radius 2 is 1.92 bits per heavy atom. The zero-order valence-corrected chi connectivity index (χ0v) is 15.4. The second kappa shape index (κ2) is 8.29. The van der Waals surface area contributed by atoms with Crippen LogP contribution in [0.3, 0.4) is 0 Å². The Hall–Kier alpha value is -1.88. The highest BCUT2D eigenvalue weighted by atomic mass is 31.2. The van der Waals surface area contributed by atoms with Crippen LogP contribution in [0, 0.1) is 0 Å². The Bertz CT molecular complexity index is 770. The van der Waals surface area contributed by atoms with Gasteiger partial charge in [0.1, 0.15) is 0 Å². The molecule has 0 aliphatic carbocycles. The van der Waals surface area contributed by atoms with Gasteiger partial charge in [-0.05, 0) is 19.9 Å². The molecule has 1 heterocycles. The molecule has 130 valence electrons. The lowest BCUT2D eigenvalue weighted by atomic mass is 10.1. The van der Waals surface area contributed by atoms with E-state index in [1.807, 2.05) is 49.5 Å². The van der Waals surface area contributed by atoms with Crippen molar-refractivity contribution >= 4 is 30.5 Å². The second-order valence-corrected chi connectivity index (χ2v) is 7.20. The lowest BCUT2D eigenvalue weighted by Gasteiger charge is -2.14. The molecule has 1 aromatic carbocycles. The number of nitrogens with zero attached hydrogens (tertiary/aromatic N) is 2. The topological polar surface area (TPSA) is 66.9 Å². The number of nitrogens with one attached hydrogen (secondary N) is 1. The highest BCUT2D eigenvalue weighted by molar-refractivity contribution is 7.57. The van der Waals surface area contributed by atoms with Crippen LogP contribution in [-0.2, 0) is 13.6 Å². The maximum Gasteiger partial charge on any atom is 0.356 e. The molecule has 24 heavy (non-hydrogen) atoms. The van der Waals surface area contributed by atoms with Gasteiger partial charge in [-0.25, -0.2) is 4.99 Å². The summed E-state index contributed by atoms with van der Waals surface area (Å²) < 4.78 is 23.6. The van der Waals surface area contributed by atoms with Crippen molar-refractivity contribution in [2.75, 3.05) is 27.3 Å². The van der Waals surface area contributed by atoms with E-state index in [2.05, 4.69) is 9.98 Å². The molecule has 0 aliphatic rings. The van der Waals surface area contributed by atoms with Crippen LogP contribution >= 0.6 is 7.60 Å².